The maximum Gasteiger partial charge on any atom is 0.224 e. The minimum Gasteiger partial charge on any atom is -0.339 e. The maximum atomic E-state index is 12.9. The van der Waals surface area contributed by atoms with Gasteiger partial charge in [-0.1, -0.05) is 37.1 Å². The molecule has 1 aliphatic carbocycles. The number of rotatable bonds is 3. The second-order valence-corrected chi connectivity index (χ2v) is 7.66. The lowest BCUT2D eigenvalue weighted by Crippen LogP contribution is -2.54. The lowest BCUT2D eigenvalue weighted by Gasteiger charge is -2.51. The van der Waals surface area contributed by atoms with Crippen molar-refractivity contribution in [1.29, 1.82) is 0 Å². The molecule has 2 aromatic rings. The van der Waals surface area contributed by atoms with Crippen molar-refractivity contribution in [2.24, 2.45) is 5.41 Å². The molecular weight excluding hydrogens is 300 g/mol. The number of piperidine rings is 1. The molecule has 2 atom stereocenters. The van der Waals surface area contributed by atoms with Gasteiger partial charge in [0.25, 0.3) is 0 Å². The van der Waals surface area contributed by atoms with E-state index in [4.69, 9.17) is 0 Å². The van der Waals surface area contributed by atoms with Crippen LogP contribution in [0, 0.1) is 5.41 Å². The molecule has 1 aromatic heterocycles. The average molecular weight is 326 g/mol. The van der Waals surface area contributed by atoms with E-state index in [1.807, 2.05) is 28.9 Å². The molecule has 1 saturated heterocycles. The number of hydrogen-bond donors (Lipinski definition) is 0. The first-order valence-electron chi connectivity index (χ1n) is 9.25. The van der Waals surface area contributed by atoms with Crippen molar-refractivity contribution in [2.45, 2.75) is 64.5 Å². The zero-order valence-electron chi connectivity index (χ0n) is 14.4. The monoisotopic (exact) mass is 326 g/mol. The summed E-state index contributed by atoms with van der Waals surface area (Å²) in [7, 11) is 0. The fraction of sp³-hybridized carbons (Fsp3) is 0.632. The number of benzene rings is 1. The molecule has 2 aliphatic rings. The van der Waals surface area contributed by atoms with E-state index in [-0.39, 0.29) is 5.91 Å². The van der Waals surface area contributed by atoms with Gasteiger partial charge in [0.15, 0.2) is 0 Å². The maximum absolute atomic E-state index is 12.9. The Morgan fingerprint density at radius 2 is 2.08 bits per heavy atom. The number of para-hydroxylation sites is 1. The van der Waals surface area contributed by atoms with Gasteiger partial charge in [0.1, 0.15) is 5.52 Å². The van der Waals surface area contributed by atoms with Crippen LogP contribution in [0.2, 0.25) is 0 Å². The molecule has 24 heavy (non-hydrogen) atoms. The summed E-state index contributed by atoms with van der Waals surface area (Å²) in [4.78, 5) is 15.1. The van der Waals surface area contributed by atoms with Crippen LogP contribution in [0.25, 0.3) is 11.0 Å². The van der Waals surface area contributed by atoms with Gasteiger partial charge in [-0.05, 0) is 43.2 Å². The van der Waals surface area contributed by atoms with E-state index in [1.54, 1.807) is 0 Å². The van der Waals surface area contributed by atoms with Crippen molar-refractivity contribution in [3.63, 3.8) is 0 Å². The average Bonchev–Trinajstić information content (AvgIpc) is 3.01. The number of carbonyl (C=O) groups is 1. The molecule has 0 bridgehead atoms. The van der Waals surface area contributed by atoms with Crippen molar-refractivity contribution < 1.29 is 4.79 Å². The zero-order chi connectivity index (χ0) is 16.6. The van der Waals surface area contributed by atoms with Crippen LogP contribution in [0.15, 0.2) is 24.3 Å². The normalized spacial score (nSPS) is 27.2. The number of likely N-dealkylation sites (tertiary alicyclic amines) is 1. The first-order chi connectivity index (χ1) is 11.7. The standard InChI is InChI=1S/C19H26N4O/c1-19-11-5-4-9-17(19)22(13-6-12-19)18(24)10-14-23-16-8-3-2-7-15(16)20-21-23/h2-3,7-8,17H,4-6,9-14H2,1H3. The summed E-state index contributed by atoms with van der Waals surface area (Å²) in [6.45, 7) is 3.93. The van der Waals surface area contributed by atoms with Crippen LogP contribution in [0.5, 0.6) is 0 Å². The molecule has 1 aromatic carbocycles. The first kappa shape index (κ1) is 15.6. The molecule has 1 saturated carbocycles. The van der Waals surface area contributed by atoms with Crippen LogP contribution in [-0.4, -0.2) is 38.4 Å². The van der Waals surface area contributed by atoms with E-state index >= 15 is 0 Å². The lowest BCUT2D eigenvalue weighted by atomic mass is 9.66. The molecule has 0 radical (unpaired) electrons. The van der Waals surface area contributed by atoms with Crippen molar-refractivity contribution in [3.8, 4) is 0 Å². The molecule has 0 spiro atoms. The van der Waals surface area contributed by atoms with E-state index in [0.29, 0.717) is 24.4 Å². The number of aryl methyl sites for hydroxylation is 1. The predicted octanol–water partition coefficient (Wildman–Crippen LogP) is 3.39. The highest BCUT2D eigenvalue weighted by molar-refractivity contribution is 5.77. The Kier molecular flexibility index (Phi) is 4.02. The molecular formula is C19H26N4O. The van der Waals surface area contributed by atoms with E-state index in [1.165, 1.54) is 32.1 Å². The van der Waals surface area contributed by atoms with Gasteiger partial charge in [0, 0.05) is 19.0 Å². The van der Waals surface area contributed by atoms with Crippen LogP contribution >= 0.6 is 0 Å². The van der Waals surface area contributed by atoms with Crippen LogP contribution < -0.4 is 0 Å². The van der Waals surface area contributed by atoms with Gasteiger partial charge in [-0.3, -0.25) is 4.79 Å². The fourth-order valence-corrected chi connectivity index (χ4v) is 4.74. The largest absolute Gasteiger partial charge is 0.339 e. The summed E-state index contributed by atoms with van der Waals surface area (Å²) >= 11 is 0. The molecule has 1 amide bonds. The van der Waals surface area contributed by atoms with Crippen molar-refractivity contribution >= 4 is 16.9 Å². The SMILES string of the molecule is CC12CCCCC1N(C(=O)CCn1nnc3ccccc31)CCC2. The summed E-state index contributed by atoms with van der Waals surface area (Å²) in [5, 5.41) is 8.38. The Hall–Kier alpha value is -1.91. The lowest BCUT2D eigenvalue weighted by molar-refractivity contribution is -0.141. The molecule has 5 nitrogen and oxygen atoms in total. The third-order valence-electron chi connectivity index (χ3n) is 6.08. The van der Waals surface area contributed by atoms with E-state index < -0.39 is 0 Å². The van der Waals surface area contributed by atoms with Gasteiger partial charge in [-0.25, -0.2) is 4.68 Å². The first-order valence-corrected chi connectivity index (χ1v) is 9.25. The number of nitrogens with zero attached hydrogens (tertiary/aromatic N) is 4. The Morgan fingerprint density at radius 3 is 3.00 bits per heavy atom. The van der Waals surface area contributed by atoms with Crippen LogP contribution in [-0.2, 0) is 11.3 Å². The highest BCUT2D eigenvalue weighted by atomic mass is 16.2. The Balaban J connectivity index is 1.46. The van der Waals surface area contributed by atoms with Gasteiger partial charge < -0.3 is 4.90 Å². The third kappa shape index (κ3) is 2.70. The van der Waals surface area contributed by atoms with E-state index in [2.05, 4.69) is 22.1 Å². The fourth-order valence-electron chi connectivity index (χ4n) is 4.74. The molecule has 2 heterocycles. The number of hydrogen-bond acceptors (Lipinski definition) is 3. The second-order valence-electron chi connectivity index (χ2n) is 7.66. The molecule has 2 unspecified atom stereocenters. The molecule has 4 rings (SSSR count). The van der Waals surface area contributed by atoms with E-state index in [0.717, 1.165) is 24.0 Å². The van der Waals surface area contributed by atoms with Gasteiger partial charge in [0.05, 0.1) is 12.1 Å². The van der Waals surface area contributed by atoms with Crippen molar-refractivity contribution in [2.75, 3.05) is 6.54 Å². The zero-order valence-corrected chi connectivity index (χ0v) is 14.4. The number of fused-ring (bicyclic) bond motifs is 2. The van der Waals surface area contributed by atoms with Gasteiger partial charge in [0.2, 0.25) is 5.91 Å². The Labute approximate surface area is 143 Å². The summed E-state index contributed by atoms with van der Waals surface area (Å²) in [5.74, 6) is 0.285. The second kappa shape index (κ2) is 6.19. The molecule has 5 heteroatoms. The van der Waals surface area contributed by atoms with Gasteiger partial charge >= 0.3 is 0 Å². The molecule has 1 aliphatic heterocycles. The molecule has 2 fully saturated rings. The topological polar surface area (TPSA) is 51.0 Å². The number of amides is 1. The van der Waals surface area contributed by atoms with Crippen LogP contribution in [0.3, 0.4) is 0 Å². The summed E-state index contributed by atoms with van der Waals surface area (Å²) in [6, 6.07) is 8.36. The quantitative estimate of drug-likeness (QED) is 0.869. The highest BCUT2D eigenvalue weighted by Crippen LogP contribution is 2.45. The summed E-state index contributed by atoms with van der Waals surface area (Å²) < 4.78 is 1.86. The van der Waals surface area contributed by atoms with Crippen molar-refractivity contribution in [1.82, 2.24) is 19.9 Å². The molecule has 0 N–H and O–H groups in total. The summed E-state index contributed by atoms with van der Waals surface area (Å²) in [5.41, 5.74) is 2.24. The van der Waals surface area contributed by atoms with Crippen LogP contribution in [0.1, 0.15) is 51.9 Å². The highest BCUT2D eigenvalue weighted by Gasteiger charge is 2.43. The van der Waals surface area contributed by atoms with Crippen molar-refractivity contribution in [3.05, 3.63) is 24.3 Å². The Bertz CT molecular complexity index is 736. The Morgan fingerprint density at radius 1 is 1.25 bits per heavy atom. The minimum absolute atomic E-state index is 0.285. The van der Waals surface area contributed by atoms with Crippen LogP contribution in [0.4, 0.5) is 0 Å². The molecule has 128 valence electrons. The van der Waals surface area contributed by atoms with Gasteiger partial charge in [-0.2, -0.15) is 0 Å². The third-order valence-corrected chi connectivity index (χ3v) is 6.08. The summed E-state index contributed by atoms with van der Waals surface area (Å²) in [6.07, 6.45) is 7.96. The minimum atomic E-state index is 0.285. The number of aromatic nitrogens is 3. The predicted molar refractivity (Wildman–Crippen MR) is 93.5 cm³/mol. The smallest absolute Gasteiger partial charge is 0.224 e. The number of carbonyl (C=O) groups excluding carboxylic acids is 1. The van der Waals surface area contributed by atoms with Gasteiger partial charge in [-0.15, -0.1) is 5.10 Å². The van der Waals surface area contributed by atoms with E-state index in [9.17, 15) is 4.79 Å².